The van der Waals surface area contributed by atoms with Crippen LogP contribution in [0.15, 0.2) is 24.4 Å². The fourth-order valence-electron chi connectivity index (χ4n) is 5.15. The molecule has 1 atom stereocenters. The van der Waals surface area contributed by atoms with Crippen LogP contribution in [0.3, 0.4) is 0 Å². The van der Waals surface area contributed by atoms with Crippen molar-refractivity contribution in [3.63, 3.8) is 0 Å². The van der Waals surface area contributed by atoms with E-state index >= 15 is 4.39 Å². The van der Waals surface area contributed by atoms with Gasteiger partial charge < -0.3 is 15.7 Å². The third-order valence-corrected chi connectivity index (χ3v) is 7.32. The first-order valence-electron chi connectivity index (χ1n) is 13.3. The van der Waals surface area contributed by atoms with Crippen molar-refractivity contribution in [3.05, 3.63) is 47.4 Å². The lowest BCUT2D eigenvalue weighted by atomic mass is 9.79. The number of aliphatic hydroxyl groups is 1. The number of nitrogens with zero attached hydrogens (tertiary/aromatic N) is 4. The maximum Gasteiger partial charge on any atom is 0.270 e. The summed E-state index contributed by atoms with van der Waals surface area (Å²) >= 11 is 0. The fraction of sp³-hybridized carbons (Fsp3) is 0.519. The van der Waals surface area contributed by atoms with Crippen LogP contribution in [0.5, 0.6) is 0 Å². The highest BCUT2D eigenvalue weighted by Crippen LogP contribution is 2.32. The van der Waals surface area contributed by atoms with E-state index in [1.807, 2.05) is 6.92 Å². The number of hydrogen-bond donors (Lipinski definition) is 4. The van der Waals surface area contributed by atoms with Crippen molar-refractivity contribution in [3.8, 4) is 11.1 Å². The van der Waals surface area contributed by atoms with Crippen molar-refractivity contribution < 1.29 is 19.1 Å². The minimum absolute atomic E-state index is 0.0194. The smallest absolute Gasteiger partial charge is 0.270 e. The van der Waals surface area contributed by atoms with Gasteiger partial charge in [-0.25, -0.2) is 4.98 Å². The Hall–Kier alpha value is -3.60. The number of nitrogens with one attached hydrogen (secondary N) is 3. The Morgan fingerprint density at radius 2 is 2.00 bits per heavy atom. The second-order valence-corrected chi connectivity index (χ2v) is 10.0. The highest BCUT2D eigenvalue weighted by Gasteiger charge is 2.33. The average Bonchev–Trinajstić information content (AvgIpc) is 3.53. The minimum Gasteiger partial charge on any atom is -0.396 e. The molecule has 0 spiro atoms. The first-order valence-corrected chi connectivity index (χ1v) is 13.3. The number of rotatable bonds is 10. The third kappa shape index (κ3) is 6.09. The summed E-state index contributed by atoms with van der Waals surface area (Å²) in [5, 5.41) is 26.0. The summed E-state index contributed by atoms with van der Waals surface area (Å²) in [5.74, 6) is -0.986. The number of anilines is 1. The summed E-state index contributed by atoms with van der Waals surface area (Å²) in [4.78, 5) is 30.7. The summed E-state index contributed by atoms with van der Waals surface area (Å²) < 4.78 is 16.6. The number of aromatic nitrogens is 5. The molecule has 1 aliphatic rings. The van der Waals surface area contributed by atoms with Crippen LogP contribution in [-0.2, 0) is 17.8 Å². The summed E-state index contributed by atoms with van der Waals surface area (Å²) in [6.45, 7) is 6.30. The van der Waals surface area contributed by atoms with E-state index in [4.69, 9.17) is 5.11 Å². The monoisotopic (exact) mass is 525 g/mol. The molecule has 3 aromatic rings. The number of carbonyl (C=O) groups is 2. The molecule has 2 amide bonds. The van der Waals surface area contributed by atoms with Gasteiger partial charge in [-0.1, -0.05) is 26.7 Å². The molecule has 3 heterocycles. The lowest BCUT2D eigenvalue weighted by molar-refractivity contribution is -0.119. The maximum absolute atomic E-state index is 15.1. The molecule has 1 fully saturated rings. The second-order valence-electron chi connectivity index (χ2n) is 10.0. The topological polar surface area (TPSA) is 138 Å². The predicted molar refractivity (Wildman–Crippen MR) is 141 cm³/mol. The molecule has 0 aromatic carbocycles. The number of amides is 2. The molecule has 11 heteroatoms. The number of pyridine rings is 1. The molecule has 4 N–H and O–H groups in total. The molecule has 0 saturated heterocycles. The Labute approximate surface area is 221 Å². The molecule has 1 saturated carbocycles. The number of hydrogen-bond acceptors (Lipinski definition) is 6. The lowest BCUT2D eigenvalue weighted by Crippen LogP contribution is -2.49. The summed E-state index contributed by atoms with van der Waals surface area (Å²) in [7, 11) is 0. The second kappa shape index (κ2) is 12.3. The van der Waals surface area contributed by atoms with Crippen molar-refractivity contribution in [1.82, 2.24) is 30.3 Å². The van der Waals surface area contributed by atoms with Crippen molar-refractivity contribution in [2.75, 3.05) is 11.9 Å². The van der Waals surface area contributed by atoms with Gasteiger partial charge in [0.25, 0.3) is 5.91 Å². The summed E-state index contributed by atoms with van der Waals surface area (Å²) in [5.41, 5.74) is 2.79. The molecule has 38 heavy (non-hydrogen) atoms. The van der Waals surface area contributed by atoms with Gasteiger partial charge in [-0.3, -0.25) is 19.4 Å². The molecule has 10 nitrogen and oxygen atoms in total. The molecular weight excluding hydrogens is 489 g/mol. The van der Waals surface area contributed by atoms with Gasteiger partial charge in [0.1, 0.15) is 17.6 Å². The first kappa shape index (κ1) is 27.4. The quantitative estimate of drug-likeness (QED) is 0.298. The number of halogens is 1. The predicted octanol–water partition coefficient (Wildman–Crippen LogP) is 3.62. The van der Waals surface area contributed by atoms with E-state index in [-0.39, 0.29) is 18.3 Å². The van der Waals surface area contributed by atoms with Crippen molar-refractivity contribution in [2.24, 2.45) is 11.8 Å². The molecule has 204 valence electrons. The Balaban J connectivity index is 1.54. The fourth-order valence-corrected chi connectivity index (χ4v) is 5.15. The van der Waals surface area contributed by atoms with Crippen LogP contribution in [0.25, 0.3) is 11.1 Å². The van der Waals surface area contributed by atoms with Crippen molar-refractivity contribution in [2.45, 2.75) is 71.9 Å². The number of aliphatic hydroxyl groups excluding tert-OH is 1. The van der Waals surface area contributed by atoms with Gasteiger partial charge in [-0.2, -0.15) is 14.6 Å². The lowest BCUT2D eigenvalue weighted by Gasteiger charge is -2.32. The summed E-state index contributed by atoms with van der Waals surface area (Å²) in [6, 6.07) is 3.92. The van der Waals surface area contributed by atoms with Crippen LogP contribution in [0.1, 0.15) is 67.8 Å². The number of H-pyrrole nitrogens is 1. The SMILES string of the molecule is CCc1[nH]nc(C)c1-c1ccc(NC(=O)[C@@H](NC(=O)c2ccnn2CCCO)[C@H]2CC[C@H](C)CC2)nc1F. The number of aryl methyl sites for hydroxylation is 3. The molecular formula is C27H36FN7O3. The van der Waals surface area contributed by atoms with Gasteiger partial charge in [0.05, 0.1) is 5.69 Å². The van der Waals surface area contributed by atoms with Crippen LogP contribution in [0.2, 0.25) is 0 Å². The largest absolute Gasteiger partial charge is 0.396 e. The third-order valence-electron chi connectivity index (χ3n) is 7.32. The van der Waals surface area contributed by atoms with Gasteiger partial charge in [0.2, 0.25) is 11.9 Å². The highest BCUT2D eigenvalue weighted by atomic mass is 19.1. The van der Waals surface area contributed by atoms with E-state index in [2.05, 4.69) is 37.8 Å². The zero-order valence-corrected chi connectivity index (χ0v) is 22.1. The Morgan fingerprint density at radius 1 is 1.24 bits per heavy atom. The Kier molecular flexibility index (Phi) is 8.88. The van der Waals surface area contributed by atoms with Gasteiger partial charge in [0.15, 0.2) is 0 Å². The van der Waals surface area contributed by atoms with E-state index in [0.29, 0.717) is 47.8 Å². The van der Waals surface area contributed by atoms with Gasteiger partial charge >= 0.3 is 0 Å². The van der Waals surface area contributed by atoms with Crippen LogP contribution >= 0.6 is 0 Å². The van der Waals surface area contributed by atoms with E-state index in [1.165, 1.54) is 10.9 Å². The average molecular weight is 526 g/mol. The van der Waals surface area contributed by atoms with Crippen LogP contribution in [0, 0.1) is 24.7 Å². The number of carbonyl (C=O) groups excluding carboxylic acids is 2. The zero-order chi connectivity index (χ0) is 27.2. The van der Waals surface area contributed by atoms with Crippen LogP contribution in [0.4, 0.5) is 10.2 Å². The molecule has 0 aliphatic heterocycles. The molecule has 0 bridgehead atoms. The molecule has 3 aromatic heterocycles. The van der Waals surface area contributed by atoms with E-state index in [9.17, 15) is 9.59 Å². The Bertz CT molecular complexity index is 1260. The van der Waals surface area contributed by atoms with E-state index < -0.39 is 23.8 Å². The first-order chi connectivity index (χ1) is 18.3. The molecule has 0 radical (unpaired) electrons. The summed E-state index contributed by atoms with van der Waals surface area (Å²) in [6.07, 6.45) is 6.15. The van der Waals surface area contributed by atoms with Gasteiger partial charge in [-0.05, 0) is 62.6 Å². The maximum atomic E-state index is 15.1. The normalized spacial score (nSPS) is 18.2. The van der Waals surface area contributed by atoms with E-state index in [0.717, 1.165) is 31.4 Å². The van der Waals surface area contributed by atoms with Crippen molar-refractivity contribution >= 4 is 17.6 Å². The van der Waals surface area contributed by atoms with Gasteiger partial charge in [-0.15, -0.1) is 0 Å². The zero-order valence-electron chi connectivity index (χ0n) is 22.1. The molecule has 1 aliphatic carbocycles. The Morgan fingerprint density at radius 3 is 2.68 bits per heavy atom. The van der Waals surface area contributed by atoms with E-state index in [1.54, 1.807) is 25.1 Å². The van der Waals surface area contributed by atoms with Crippen LogP contribution in [-0.4, -0.2) is 54.5 Å². The van der Waals surface area contributed by atoms with Crippen LogP contribution < -0.4 is 10.6 Å². The van der Waals surface area contributed by atoms with Gasteiger partial charge in [0, 0.05) is 36.2 Å². The minimum atomic E-state index is -0.816. The number of aromatic amines is 1. The molecule has 4 rings (SSSR count). The standard InChI is InChI=1S/C27H36FN7O3/c1-4-20-23(17(3)33-34-20)19-10-11-22(30-25(19)28)31-27(38)24(18-8-6-16(2)7-9-18)32-26(37)21-12-13-29-35(21)14-5-15-36/h10-13,16,18,24,36H,4-9,14-15H2,1-3H3,(H,32,37)(H,33,34)(H,30,31,38)/t16-,18-,24-/m0/s1. The highest BCUT2D eigenvalue weighted by molar-refractivity contribution is 6.00. The van der Waals surface area contributed by atoms with Crippen molar-refractivity contribution in [1.29, 1.82) is 0 Å². The molecule has 0 unspecified atom stereocenters.